The molecule has 2 aliphatic carbocycles. The van der Waals surface area contributed by atoms with Crippen LogP contribution >= 0.6 is 0 Å². The zero-order chi connectivity index (χ0) is 18.2. The van der Waals surface area contributed by atoms with Gasteiger partial charge in [-0.3, -0.25) is 0 Å². The predicted molar refractivity (Wildman–Crippen MR) is 92.9 cm³/mol. The molecule has 1 heterocycles. The fourth-order valence-corrected chi connectivity index (χ4v) is 5.27. The lowest BCUT2D eigenvalue weighted by atomic mass is 9.46. The topological polar surface area (TPSA) is 90.9 Å². The molecule has 0 spiro atoms. The van der Waals surface area contributed by atoms with E-state index < -0.39 is 17.5 Å². The largest absolute Gasteiger partial charge is 0.478 e. The van der Waals surface area contributed by atoms with Gasteiger partial charge in [-0.2, -0.15) is 0 Å². The molecule has 0 amide bonds. The number of rotatable bonds is 5. The summed E-state index contributed by atoms with van der Waals surface area (Å²) in [6, 6.07) is 1.95. The van der Waals surface area contributed by atoms with Crippen LogP contribution in [0.15, 0.2) is 34.7 Å². The first kappa shape index (κ1) is 18.2. The summed E-state index contributed by atoms with van der Waals surface area (Å²) in [5, 5.41) is 30.3. The van der Waals surface area contributed by atoms with Gasteiger partial charge in [-0.15, -0.1) is 0 Å². The molecule has 3 rings (SSSR count). The van der Waals surface area contributed by atoms with Gasteiger partial charge in [0.25, 0.3) is 0 Å². The second kappa shape index (κ2) is 6.61. The number of carbonyl (C=O) groups is 1. The summed E-state index contributed by atoms with van der Waals surface area (Å²) in [5.74, 6) is -0.694. The number of aliphatic carboxylic acids is 1. The third-order valence-electron chi connectivity index (χ3n) is 7.03. The van der Waals surface area contributed by atoms with E-state index in [1.165, 1.54) is 6.08 Å². The fraction of sp³-hybridized carbons (Fsp3) is 0.650. The van der Waals surface area contributed by atoms with Gasteiger partial charge in [0.15, 0.2) is 0 Å². The molecule has 1 fully saturated rings. The van der Waals surface area contributed by atoms with Gasteiger partial charge in [-0.25, -0.2) is 4.79 Å². The highest BCUT2D eigenvalue weighted by molar-refractivity contribution is 5.89. The lowest BCUT2D eigenvalue weighted by Gasteiger charge is -2.58. The summed E-state index contributed by atoms with van der Waals surface area (Å²) in [7, 11) is 0. The summed E-state index contributed by atoms with van der Waals surface area (Å²) in [4.78, 5) is 11.9. The summed E-state index contributed by atoms with van der Waals surface area (Å²) in [6.45, 7) is 4.22. The second-order valence-corrected chi connectivity index (χ2v) is 8.13. The number of fused-ring (bicyclic) bond motifs is 1. The molecule has 0 aliphatic heterocycles. The van der Waals surface area contributed by atoms with Gasteiger partial charge in [0, 0.05) is 11.0 Å². The van der Waals surface area contributed by atoms with Crippen LogP contribution in [0, 0.1) is 22.7 Å². The average Bonchev–Trinajstić information content (AvgIpc) is 3.10. The molecule has 5 nitrogen and oxygen atoms in total. The van der Waals surface area contributed by atoms with Crippen LogP contribution < -0.4 is 0 Å². The highest BCUT2D eigenvalue weighted by atomic mass is 16.4. The van der Waals surface area contributed by atoms with Crippen LogP contribution in [0.2, 0.25) is 0 Å². The van der Waals surface area contributed by atoms with Crippen molar-refractivity contribution in [1.29, 1.82) is 0 Å². The monoisotopic (exact) mass is 348 g/mol. The van der Waals surface area contributed by atoms with E-state index in [1.807, 2.05) is 6.07 Å². The van der Waals surface area contributed by atoms with Gasteiger partial charge >= 0.3 is 5.97 Å². The fourth-order valence-electron chi connectivity index (χ4n) is 5.27. The zero-order valence-electron chi connectivity index (χ0n) is 14.9. The Labute approximate surface area is 148 Å². The average molecular weight is 348 g/mol. The molecule has 138 valence electrons. The van der Waals surface area contributed by atoms with E-state index >= 15 is 0 Å². The maximum absolute atomic E-state index is 11.9. The quantitative estimate of drug-likeness (QED) is 0.761. The Kier molecular flexibility index (Phi) is 4.82. The van der Waals surface area contributed by atoms with E-state index in [2.05, 4.69) is 13.8 Å². The number of hydrogen-bond donors (Lipinski definition) is 3. The molecule has 5 heteroatoms. The van der Waals surface area contributed by atoms with Crippen molar-refractivity contribution in [2.75, 3.05) is 6.61 Å². The number of aliphatic hydroxyl groups is 2. The minimum Gasteiger partial charge on any atom is -0.478 e. The number of furan rings is 1. The Bertz CT molecular complexity index is 649. The molecule has 3 N–H and O–H groups in total. The molecule has 25 heavy (non-hydrogen) atoms. The third kappa shape index (κ3) is 2.93. The summed E-state index contributed by atoms with van der Waals surface area (Å²) >= 11 is 0. The smallest absolute Gasteiger partial charge is 0.332 e. The lowest BCUT2D eigenvalue weighted by Crippen LogP contribution is -2.55. The molecule has 2 aliphatic rings. The number of hydrogen-bond acceptors (Lipinski definition) is 4. The standard InChI is InChI=1S/C20H28O5/c1-13-3-7-20(12-21)16(18(23)24)9-15(22)10-17(20)19(13,2)6-4-14-5-8-25-11-14/h5,8-9,11,13,15,17,21-22H,3-4,6-7,10,12H2,1-2H3,(H,23,24)/t13-,15+,17+,19-,20-/m0/s1. The first-order chi connectivity index (χ1) is 11.8. The first-order valence-corrected chi connectivity index (χ1v) is 9.09. The van der Waals surface area contributed by atoms with Crippen LogP contribution in [0.25, 0.3) is 0 Å². The Balaban J connectivity index is 1.98. The van der Waals surface area contributed by atoms with Crippen molar-refractivity contribution in [2.24, 2.45) is 22.7 Å². The summed E-state index contributed by atoms with van der Waals surface area (Å²) < 4.78 is 5.16. The van der Waals surface area contributed by atoms with Gasteiger partial charge in [-0.05, 0) is 67.1 Å². The molecule has 0 saturated heterocycles. The molecule has 5 atom stereocenters. The minimum absolute atomic E-state index is 0.0632. The van der Waals surface area contributed by atoms with E-state index in [-0.39, 0.29) is 23.5 Å². The van der Waals surface area contributed by atoms with Gasteiger partial charge in [-0.1, -0.05) is 13.8 Å². The number of aliphatic hydroxyl groups excluding tert-OH is 2. The maximum atomic E-state index is 11.9. The molecule has 1 aromatic rings. The van der Waals surface area contributed by atoms with Crippen LogP contribution in [-0.2, 0) is 11.2 Å². The van der Waals surface area contributed by atoms with Crippen LogP contribution in [0.4, 0.5) is 0 Å². The van der Waals surface area contributed by atoms with Gasteiger partial charge in [0.05, 0.1) is 25.2 Å². The molecular weight excluding hydrogens is 320 g/mol. The minimum atomic E-state index is -1.02. The Morgan fingerprint density at radius 3 is 2.80 bits per heavy atom. The van der Waals surface area contributed by atoms with Crippen molar-refractivity contribution < 1.29 is 24.5 Å². The number of carboxylic acids is 1. The molecule has 1 aromatic heterocycles. The van der Waals surface area contributed by atoms with Crippen molar-refractivity contribution in [3.63, 3.8) is 0 Å². The van der Waals surface area contributed by atoms with Crippen molar-refractivity contribution in [2.45, 2.75) is 52.1 Å². The highest BCUT2D eigenvalue weighted by Crippen LogP contribution is 2.61. The van der Waals surface area contributed by atoms with Crippen LogP contribution in [0.3, 0.4) is 0 Å². The van der Waals surface area contributed by atoms with Crippen LogP contribution in [0.5, 0.6) is 0 Å². The molecule has 0 radical (unpaired) electrons. The number of aryl methyl sites for hydroxylation is 1. The van der Waals surface area contributed by atoms with E-state index in [0.717, 1.165) is 24.8 Å². The summed E-state index contributed by atoms with van der Waals surface area (Å²) in [5.41, 5.74) is 0.399. The Hall–Kier alpha value is -1.59. The SMILES string of the molecule is C[C@H]1CC[C@]2(CO)C(C(=O)O)=C[C@@H](O)C[C@@H]2[C@@]1(C)CCc1ccoc1. The molecule has 0 bridgehead atoms. The van der Waals surface area contributed by atoms with E-state index in [1.54, 1.807) is 12.5 Å². The van der Waals surface area contributed by atoms with Crippen molar-refractivity contribution >= 4 is 5.97 Å². The lowest BCUT2D eigenvalue weighted by molar-refractivity contribution is -0.141. The van der Waals surface area contributed by atoms with E-state index in [9.17, 15) is 20.1 Å². The first-order valence-electron chi connectivity index (χ1n) is 9.09. The highest BCUT2D eigenvalue weighted by Gasteiger charge is 2.58. The predicted octanol–water partition coefficient (Wildman–Crippen LogP) is 3.02. The Morgan fingerprint density at radius 2 is 2.20 bits per heavy atom. The second-order valence-electron chi connectivity index (χ2n) is 8.13. The summed E-state index contributed by atoms with van der Waals surface area (Å²) in [6.07, 6.45) is 7.84. The number of carboxylic acid groups (broad SMARTS) is 1. The van der Waals surface area contributed by atoms with Gasteiger partial charge in [0.1, 0.15) is 0 Å². The Morgan fingerprint density at radius 1 is 1.44 bits per heavy atom. The third-order valence-corrected chi connectivity index (χ3v) is 7.03. The van der Waals surface area contributed by atoms with E-state index in [4.69, 9.17) is 4.42 Å². The molecular formula is C20H28O5. The zero-order valence-corrected chi connectivity index (χ0v) is 14.9. The van der Waals surface area contributed by atoms with Gasteiger partial charge < -0.3 is 19.7 Å². The molecule has 0 unspecified atom stereocenters. The van der Waals surface area contributed by atoms with Crippen molar-refractivity contribution in [3.8, 4) is 0 Å². The van der Waals surface area contributed by atoms with Crippen molar-refractivity contribution in [1.82, 2.24) is 0 Å². The van der Waals surface area contributed by atoms with Crippen molar-refractivity contribution in [3.05, 3.63) is 35.8 Å². The van der Waals surface area contributed by atoms with Crippen LogP contribution in [0.1, 0.15) is 45.1 Å². The normalized spacial score (nSPS) is 38.1. The molecule has 0 aromatic carbocycles. The van der Waals surface area contributed by atoms with Gasteiger partial charge in [0.2, 0.25) is 0 Å². The molecule has 1 saturated carbocycles. The maximum Gasteiger partial charge on any atom is 0.332 e. The van der Waals surface area contributed by atoms with Crippen LogP contribution in [-0.4, -0.2) is 34.0 Å². The van der Waals surface area contributed by atoms with E-state index in [0.29, 0.717) is 18.8 Å².